The van der Waals surface area contributed by atoms with Crippen LogP contribution >= 0.6 is 11.6 Å². The van der Waals surface area contributed by atoms with Crippen molar-refractivity contribution in [2.24, 2.45) is 0 Å². The number of nitrogens with zero attached hydrogens (tertiary/aromatic N) is 2. The second kappa shape index (κ2) is 7.71. The fourth-order valence-electron chi connectivity index (χ4n) is 4.34. The predicted octanol–water partition coefficient (Wildman–Crippen LogP) is 5.12. The summed E-state index contributed by atoms with van der Waals surface area (Å²) in [6.45, 7) is 2.03. The van der Waals surface area contributed by atoms with Crippen molar-refractivity contribution in [3.8, 4) is 0 Å². The number of halogens is 1. The Morgan fingerprint density at radius 1 is 1.16 bits per heavy atom. The molecule has 7 heteroatoms. The number of benzene rings is 2. The van der Waals surface area contributed by atoms with Crippen molar-refractivity contribution in [1.29, 1.82) is 0 Å². The van der Waals surface area contributed by atoms with E-state index < -0.39 is 0 Å². The molecule has 1 aliphatic carbocycles. The minimum Gasteiger partial charge on any atom is -0.343 e. The first-order valence-corrected chi connectivity index (χ1v) is 10.6. The van der Waals surface area contributed by atoms with Gasteiger partial charge in [0.15, 0.2) is 5.78 Å². The van der Waals surface area contributed by atoms with E-state index in [0.717, 1.165) is 35.2 Å². The molecule has 6 nitrogen and oxygen atoms in total. The maximum Gasteiger partial charge on any atom is 0.261 e. The van der Waals surface area contributed by atoms with Crippen molar-refractivity contribution < 1.29 is 9.59 Å². The Balaban J connectivity index is 1.58. The number of hydrogen-bond donors (Lipinski definition) is 2. The molecular weight excluding hydrogens is 412 g/mol. The minimum atomic E-state index is -0.350. The van der Waals surface area contributed by atoms with Crippen LogP contribution in [-0.2, 0) is 4.79 Å². The highest BCUT2D eigenvalue weighted by Gasteiger charge is 2.38. The van der Waals surface area contributed by atoms with Gasteiger partial charge in [0.05, 0.1) is 6.20 Å². The van der Waals surface area contributed by atoms with Crippen LogP contribution in [0.3, 0.4) is 0 Å². The first-order valence-electron chi connectivity index (χ1n) is 10.3. The molecule has 2 heterocycles. The van der Waals surface area contributed by atoms with Crippen LogP contribution in [0.25, 0.3) is 0 Å². The molecule has 31 heavy (non-hydrogen) atoms. The van der Waals surface area contributed by atoms with Gasteiger partial charge < -0.3 is 10.6 Å². The molecule has 2 aromatic carbocycles. The third-order valence-electron chi connectivity index (χ3n) is 5.87. The molecule has 0 radical (unpaired) electrons. The van der Waals surface area contributed by atoms with Crippen LogP contribution in [-0.4, -0.2) is 21.5 Å². The summed E-state index contributed by atoms with van der Waals surface area (Å²) in [5.74, 6) is 0.467. The zero-order chi connectivity index (χ0) is 21.5. The van der Waals surface area contributed by atoms with Gasteiger partial charge in [-0.05, 0) is 55.2 Å². The van der Waals surface area contributed by atoms with Crippen LogP contribution in [0.5, 0.6) is 0 Å². The van der Waals surface area contributed by atoms with E-state index in [2.05, 4.69) is 15.7 Å². The number of hydrogen-bond acceptors (Lipinski definition) is 4. The number of amides is 1. The predicted molar refractivity (Wildman–Crippen MR) is 120 cm³/mol. The lowest BCUT2D eigenvalue weighted by Crippen LogP contribution is -2.32. The number of nitrogens with one attached hydrogen (secondary N) is 2. The van der Waals surface area contributed by atoms with E-state index in [4.69, 9.17) is 11.6 Å². The Bertz CT molecular complexity index is 1230. The highest BCUT2D eigenvalue weighted by atomic mass is 35.5. The lowest BCUT2D eigenvalue weighted by molar-refractivity contribution is -0.116. The molecule has 1 aromatic heterocycles. The first-order chi connectivity index (χ1) is 15.0. The quantitative estimate of drug-likeness (QED) is 0.602. The maximum absolute atomic E-state index is 13.0. The summed E-state index contributed by atoms with van der Waals surface area (Å²) in [5.41, 5.74) is 4.80. The van der Waals surface area contributed by atoms with Gasteiger partial charge in [0.25, 0.3) is 5.91 Å². The van der Waals surface area contributed by atoms with Gasteiger partial charge in [-0.15, -0.1) is 0 Å². The van der Waals surface area contributed by atoms with Crippen molar-refractivity contribution in [2.75, 3.05) is 10.6 Å². The number of Topliss-reactive ketones (excluding diaryl/α,β-unsaturated/α-hetero) is 1. The zero-order valence-electron chi connectivity index (χ0n) is 17.0. The normalized spacial score (nSPS) is 17.6. The van der Waals surface area contributed by atoms with Crippen LogP contribution in [0.2, 0.25) is 5.02 Å². The molecule has 3 aromatic rings. The minimum absolute atomic E-state index is 0.135. The SMILES string of the molecule is Cc1ccccc1[C@@H]1C2=C(CCCC2=O)Nc2c(C(=O)Nc3ccc(Cl)cc3)cnn21. The number of rotatable bonds is 3. The summed E-state index contributed by atoms with van der Waals surface area (Å²) in [7, 11) is 0. The summed E-state index contributed by atoms with van der Waals surface area (Å²) >= 11 is 5.94. The monoisotopic (exact) mass is 432 g/mol. The summed E-state index contributed by atoms with van der Waals surface area (Å²) in [5, 5.41) is 11.4. The first kappa shape index (κ1) is 19.6. The average molecular weight is 433 g/mol. The number of allylic oxidation sites excluding steroid dienone is 2. The average Bonchev–Trinajstić information content (AvgIpc) is 3.18. The molecule has 0 saturated heterocycles. The van der Waals surface area contributed by atoms with Gasteiger partial charge in [-0.1, -0.05) is 35.9 Å². The van der Waals surface area contributed by atoms with E-state index in [1.807, 2.05) is 31.2 Å². The van der Waals surface area contributed by atoms with Gasteiger partial charge in [-0.3, -0.25) is 9.59 Å². The molecule has 0 bridgehead atoms. The Kier molecular flexibility index (Phi) is 4.87. The molecule has 1 amide bonds. The Labute approximate surface area is 184 Å². The van der Waals surface area contributed by atoms with Crippen LogP contribution in [0, 0.1) is 6.92 Å². The summed E-state index contributed by atoms with van der Waals surface area (Å²) in [4.78, 5) is 26.0. The Morgan fingerprint density at radius 2 is 1.94 bits per heavy atom. The number of ketones is 1. The molecule has 2 aliphatic rings. The van der Waals surface area contributed by atoms with Gasteiger partial charge in [0.1, 0.15) is 17.4 Å². The zero-order valence-corrected chi connectivity index (χ0v) is 17.7. The smallest absolute Gasteiger partial charge is 0.261 e. The number of fused-ring (bicyclic) bond motifs is 1. The Hall–Kier alpha value is -3.38. The van der Waals surface area contributed by atoms with Gasteiger partial charge >= 0.3 is 0 Å². The summed E-state index contributed by atoms with van der Waals surface area (Å²) < 4.78 is 1.77. The molecule has 0 saturated carbocycles. The molecule has 1 aliphatic heterocycles. The molecular formula is C24H21ClN4O2. The third-order valence-corrected chi connectivity index (χ3v) is 6.12. The summed E-state index contributed by atoms with van der Waals surface area (Å²) in [6, 6.07) is 14.6. The highest BCUT2D eigenvalue weighted by Crippen LogP contribution is 2.42. The highest BCUT2D eigenvalue weighted by molar-refractivity contribution is 6.30. The number of anilines is 2. The number of carbonyl (C=O) groups is 2. The van der Waals surface area contributed by atoms with E-state index in [-0.39, 0.29) is 17.7 Å². The molecule has 0 spiro atoms. The third kappa shape index (κ3) is 3.43. The van der Waals surface area contributed by atoms with Crippen molar-refractivity contribution in [3.05, 3.63) is 87.7 Å². The second-order valence-corrected chi connectivity index (χ2v) is 8.30. The van der Waals surface area contributed by atoms with E-state index in [1.54, 1.807) is 35.1 Å². The van der Waals surface area contributed by atoms with E-state index in [0.29, 0.717) is 28.5 Å². The fraction of sp³-hybridized carbons (Fsp3) is 0.208. The van der Waals surface area contributed by atoms with Gasteiger partial charge in [0.2, 0.25) is 0 Å². The van der Waals surface area contributed by atoms with Crippen LogP contribution in [0.4, 0.5) is 11.5 Å². The van der Waals surface area contributed by atoms with Crippen molar-refractivity contribution >= 4 is 34.8 Å². The van der Waals surface area contributed by atoms with Crippen molar-refractivity contribution in [2.45, 2.75) is 32.2 Å². The van der Waals surface area contributed by atoms with E-state index >= 15 is 0 Å². The fourth-order valence-corrected chi connectivity index (χ4v) is 4.46. The van der Waals surface area contributed by atoms with Gasteiger partial charge in [-0.2, -0.15) is 5.10 Å². The van der Waals surface area contributed by atoms with Crippen LogP contribution in [0.1, 0.15) is 46.8 Å². The van der Waals surface area contributed by atoms with E-state index in [1.165, 1.54) is 0 Å². The lowest BCUT2D eigenvalue weighted by Gasteiger charge is -2.34. The lowest BCUT2D eigenvalue weighted by atomic mass is 9.84. The van der Waals surface area contributed by atoms with Crippen LogP contribution < -0.4 is 10.6 Å². The van der Waals surface area contributed by atoms with Crippen LogP contribution in [0.15, 0.2) is 66.0 Å². The Morgan fingerprint density at radius 3 is 2.71 bits per heavy atom. The van der Waals surface area contributed by atoms with E-state index in [9.17, 15) is 9.59 Å². The van der Waals surface area contributed by atoms with Crippen molar-refractivity contribution in [1.82, 2.24) is 9.78 Å². The molecule has 156 valence electrons. The molecule has 2 N–H and O–H groups in total. The van der Waals surface area contributed by atoms with Gasteiger partial charge in [0, 0.05) is 28.4 Å². The largest absolute Gasteiger partial charge is 0.343 e. The standard InChI is InChI=1S/C24H21ClN4O2/c1-14-5-2-3-6-17(14)22-21-19(7-4-8-20(21)30)28-23-18(13-26-29(22)23)24(31)27-16-11-9-15(25)10-12-16/h2-3,5-6,9-13,22,28H,4,7-8H2,1H3,(H,27,31)/t22-/m1/s1. The summed E-state index contributed by atoms with van der Waals surface area (Å²) in [6.07, 6.45) is 3.66. The molecule has 0 unspecified atom stereocenters. The molecule has 0 fully saturated rings. The number of carbonyl (C=O) groups excluding carboxylic acids is 2. The topological polar surface area (TPSA) is 76.0 Å². The maximum atomic E-state index is 13.0. The number of aromatic nitrogens is 2. The molecule has 1 atom stereocenters. The van der Waals surface area contributed by atoms with Gasteiger partial charge in [-0.25, -0.2) is 4.68 Å². The van der Waals surface area contributed by atoms with Crippen molar-refractivity contribution in [3.63, 3.8) is 0 Å². The molecule has 5 rings (SSSR count). The number of aryl methyl sites for hydroxylation is 1. The second-order valence-electron chi connectivity index (χ2n) is 7.87.